The van der Waals surface area contributed by atoms with E-state index >= 15 is 0 Å². The van der Waals surface area contributed by atoms with Crippen molar-refractivity contribution in [3.63, 3.8) is 0 Å². The number of nitrogens with zero attached hydrogens (tertiary/aromatic N) is 3. The van der Waals surface area contributed by atoms with Crippen LogP contribution in [0.3, 0.4) is 0 Å². The van der Waals surface area contributed by atoms with E-state index in [4.69, 9.17) is 16.3 Å². The second kappa shape index (κ2) is 9.89. The van der Waals surface area contributed by atoms with Crippen LogP contribution in [0, 0.1) is 6.92 Å². The minimum Gasteiger partial charge on any atom is -0.495 e. The molecule has 1 heterocycles. The lowest BCUT2D eigenvalue weighted by Gasteiger charge is -2.35. The summed E-state index contributed by atoms with van der Waals surface area (Å²) in [6, 6.07) is 11.4. The third-order valence-corrected chi connectivity index (χ3v) is 7.50. The van der Waals surface area contributed by atoms with Crippen LogP contribution in [0.1, 0.15) is 12.5 Å². The van der Waals surface area contributed by atoms with Gasteiger partial charge in [0.2, 0.25) is 5.91 Å². The predicted octanol–water partition coefficient (Wildman–Crippen LogP) is 3.02. The first-order valence-electron chi connectivity index (χ1n) is 10.2. The highest BCUT2D eigenvalue weighted by atomic mass is 35.5. The Morgan fingerprint density at radius 2 is 1.74 bits per heavy atom. The summed E-state index contributed by atoms with van der Waals surface area (Å²) in [5, 5.41) is 0.483. The van der Waals surface area contributed by atoms with Crippen molar-refractivity contribution in [2.24, 2.45) is 0 Å². The number of methoxy groups -OCH3 is 1. The van der Waals surface area contributed by atoms with Crippen LogP contribution in [0.15, 0.2) is 47.4 Å². The highest BCUT2D eigenvalue weighted by Crippen LogP contribution is 2.31. The Balaban J connectivity index is 1.96. The molecule has 2 aromatic carbocycles. The number of amides is 1. The van der Waals surface area contributed by atoms with Gasteiger partial charge in [0.15, 0.2) is 0 Å². The summed E-state index contributed by atoms with van der Waals surface area (Å²) in [6.07, 6.45) is 0. The molecule has 0 radical (unpaired) electrons. The largest absolute Gasteiger partial charge is 0.495 e. The lowest BCUT2D eigenvalue weighted by atomic mass is 10.2. The molecule has 168 valence electrons. The molecule has 0 bridgehead atoms. The van der Waals surface area contributed by atoms with E-state index in [0.717, 1.165) is 29.5 Å². The first kappa shape index (κ1) is 23.4. The fraction of sp³-hybridized carbons (Fsp3) is 0.409. The molecule has 1 fully saturated rings. The lowest BCUT2D eigenvalue weighted by Crippen LogP contribution is -2.51. The monoisotopic (exact) mass is 465 g/mol. The van der Waals surface area contributed by atoms with Crippen molar-refractivity contribution in [2.75, 3.05) is 50.7 Å². The number of hydrogen-bond acceptors (Lipinski definition) is 5. The van der Waals surface area contributed by atoms with Gasteiger partial charge in [-0.15, -0.1) is 0 Å². The summed E-state index contributed by atoms with van der Waals surface area (Å²) >= 11 is 6.00. The third-order valence-electron chi connectivity index (χ3n) is 5.45. The Labute approximate surface area is 189 Å². The maximum atomic E-state index is 13.7. The molecule has 3 rings (SSSR count). The molecule has 9 heteroatoms. The van der Waals surface area contributed by atoms with E-state index in [1.54, 1.807) is 47.4 Å². The Kier molecular flexibility index (Phi) is 7.46. The molecule has 7 nitrogen and oxygen atoms in total. The van der Waals surface area contributed by atoms with Crippen molar-refractivity contribution in [3.05, 3.63) is 53.1 Å². The molecule has 0 spiro atoms. The second-order valence-electron chi connectivity index (χ2n) is 7.46. The summed E-state index contributed by atoms with van der Waals surface area (Å²) in [4.78, 5) is 17.1. The van der Waals surface area contributed by atoms with Crippen LogP contribution in [0.5, 0.6) is 5.75 Å². The lowest BCUT2D eigenvalue weighted by molar-refractivity contribution is -0.131. The first-order valence-corrected chi connectivity index (χ1v) is 12.0. The number of sulfonamides is 1. The molecular weight excluding hydrogens is 438 g/mol. The van der Waals surface area contributed by atoms with Gasteiger partial charge in [-0.3, -0.25) is 9.10 Å². The number of likely N-dealkylation sites (N-methyl/N-ethyl adjacent to an activating group) is 1. The highest BCUT2D eigenvalue weighted by Gasteiger charge is 2.32. The highest BCUT2D eigenvalue weighted by molar-refractivity contribution is 7.93. The van der Waals surface area contributed by atoms with Gasteiger partial charge in [-0.05, 0) is 55.4 Å². The van der Waals surface area contributed by atoms with Crippen molar-refractivity contribution in [3.8, 4) is 5.75 Å². The van der Waals surface area contributed by atoms with Crippen LogP contribution in [-0.4, -0.2) is 70.5 Å². The van der Waals surface area contributed by atoms with Crippen molar-refractivity contribution in [1.82, 2.24) is 9.80 Å². The molecule has 0 saturated carbocycles. The maximum absolute atomic E-state index is 13.7. The van der Waals surface area contributed by atoms with Crippen molar-refractivity contribution < 1.29 is 17.9 Å². The molecule has 2 aromatic rings. The SMILES string of the molecule is CCN1CCN(C(=O)CN(c2ccc(Cl)cc2)S(=O)(=O)c2cc(C)ccc2OC)CC1. The minimum atomic E-state index is -4.07. The molecule has 31 heavy (non-hydrogen) atoms. The van der Waals surface area contributed by atoms with E-state index in [0.29, 0.717) is 23.8 Å². The number of carbonyl (C=O) groups excluding carboxylic acids is 1. The number of benzene rings is 2. The number of anilines is 1. The van der Waals surface area contributed by atoms with Gasteiger partial charge in [-0.25, -0.2) is 8.42 Å². The molecular formula is C22H28ClN3O4S. The average molecular weight is 466 g/mol. The fourth-order valence-corrected chi connectivity index (χ4v) is 5.35. The van der Waals surface area contributed by atoms with E-state index < -0.39 is 10.0 Å². The van der Waals surface area contributed by atoms with Crippen molar-refractivity contribution >= 4 is 33.2 Å². The van der Waals surface area contributed by atoms with Crippen molar-refractivity contribution in [2.45, 2.75) is 18.7 Å². The van der Waals surface area contributed by atoms with Crippen LogP contribution in [-0.2, 0) is 14.8 Å². The normalized spacial score (nSPS) is 15.0. The van der Waals surface area contributed by atoms with Crippen LogP contribution < -0.4 is 9.04 Å². The number of ether oxygens (including phenoxy) is 1. The van der Waals surface area contributed by atoms with Gasteiger partial charge in [0.1, 0.15) is 17.2 Å². The van der Waals surface area contributed by atoms with Gasteiger partial charge in [0, 0.05) is 31.2 Å². The quantitative estimate of drug-likeness (QED) is 0.628. The standard InChI is InChI=1S/C22H28ClN3O4S/c1-4-24-11-13-25(14-12-24)22(27)16-26(19-8-6-18(23)7-9-19)31(28,29)21-15-17(2)5-10-20(21)30-3/h5-10,15H,4,11-14,16H2,1-3H3. The summed E-state index contributed by atoms with van der Waals surface area (Å²) < 4.78 is 33.8. The molecule has 0 N–H and O–H groups in total. The van der Waals surface area contributed by atoms with Gasteiger partial charge < -0.3 is 14.5 Å². The molecule has 0 aliphatic carbocycles. The number of halogens is 1. The molecule has 1 aliphatic heterocycles. The van der Waals surface area contributed by atoms with Crippen LogP contribution in [0.25, 0.3) is 0 Å². The second-order valence-corrected chi connectivity index (χ2v) is 9.72. The van der Waals surface area contributed by atoms with E-state index in [-0.39, 0.29) is 23.1 Å². The third kappa shape index (κ3) is 5.31. The molecule has 0 atom stereocenters. The summed E-state index contributed by atoms with van der Waals surface area (Å²) in [6.45, 7) is 7.24. The summed E-state index contributed by atoms with van der Waals surface area (Å²) in [5.41, 5.74) is 1.14. The van der Waals surface area contributed by atoms with Gasteiger partial charge in [0.25, 0.3) is 10.0 Å². The smallest absolute Gasteiger partial charge is 0.268 e. The number of piperazine rings is 1. The zero-order valence-electron chi connectivity index (χ0n) is 18.0. The van der Waals surface area contributed by atoms with Gasteiger partial charge in [-0.1, -0.05) is 24.6 Å². The fourth-order valence-electron chi connectivity index (χ4n) is 3.56. The minimum absolute atomic E-state index is 0.0218. The number of rotatable bonds is 7. The van der Waals surface area contributed by atoms with Crippen LogP contribution in [0.4, 0.5) is 5.69 Å². The topological polar surface area (TPSA) is 70.2 Å². The molecule has 1 amide bonds. The Morgan fingerprint density at radius 3 is 2.32 bits per heavy atom. The van der Waals surface area contributed by atoms with E-state index in [2.05, 4.69) is 11.8 Å². The number of aryl methyl sites for hydroxylation is 1. The molecule has 1 aliphatic rings. The van der Waals surface area contributed by atoms with Crippen molar-refractivity contribution in [1.29, 1.82) is 0 Å². The van der Waals surface area contributed by atoms with E-state index in [1.165, 1.54) is 7.11 Å². The zero-order chi connectivity index (χ0) is 22.6. The first-order chi connectivity index (χ1) is 14.8. The molecule has 0 unspecified atom stereocenters. The summed E-state index contributed by atoms with van der Waals surface area (Å²) in [5.74, 6) is -0.00512. The Hall–Kier alpha value is -2.29. The Morgan fingerprint density at radius 1 is 1.10 bits per heavy atom. The predicted molar refractivity (Wildman–Crippen MR) is 122 cm³/mol. The summed E-state index contributed by atoms with van der Waals surface area (Å²) in [7, 11) is -2.65. The van der Waals surface area contributed by atoms with E-state index in [9.17, 15) is 13.2 Å². The van der Waals surface area contributed by atoms with Crippen LogP contribution in [0.2, 0.25) is 5.02 Å². The average Bonchev–Trinajstić information content (AvgIpc) is 2.78. The number of carbonyl (C=O) groups is 1. The van der Waals surface area contributed by atoms with Crippen LogP contribution >= 0.6 is 11.6 Å². The number of hydrogen-bond donors (Lipinski definition) is 0. The Bertz CT molecular complexity index is 1020. The maximum Gasteiger partial charge on any atom is 0.268 e. The van der Waals surface area contributed by atoms with Gasteiger partial charge in [0.05, 0.1) is 12.8 Å². The van der Waals surface area contributed by atoms with Gasteiger partial charge >= 0.3 is 0 Å². The molecule has 0 aromatic heterocycles. The van der Waals surface area contributed by atoms with Gasteiger partial charge in [-0.2, -0.15) is 0 Å². The van der Waals surface area contributed by atoms with E-state index in [1.807, 2.05) is 6.92 Å². The molecule has 1 saturated heterocycles. The zero-order valence-corrected chi connectivity index (χ0v) is 19.6.